The number of aryl methyl sites for hydroxylation is 3. The molecular formula is C88H111FO12. The Hall–Kier alpha value is -8.07. The van der Waals surface area contributed by atoms with Crippen molar-refractivity contribution in [2.24, 2.45) is 11.8 Å². The molecular weight excluding hydrogens is 1270 g/mol. The Kier molecular flexibility index (Phi) is 32.2. The van der Waals surface area contributed by atoms with E-state index < -0.39 is 23.9 Å². The first-order valence-electron chi connectivity index (χ1n) is 37.1. The van der Waals surface area contributed by atoms with Crippen molar-refractivity contribution in [2.75, 3.05) is 26.4 Å². The minimum Gasteiger partial charge on any atom is -0.423 e. The molecule has 0 radical (unpaired) electrons. The summed E-state index contributed by atoms with van der Waals surface area (Å²) >= 11 is 0. The van der Waals surface area contributed by atoms with Crippen LogP contribution in [0.3, 0.4) is 0 Å². The molecule has 0 aromatic heterocycles. The van der Waals surface area contributed by atoms with E-state index in [0.717, 1.165) is 112 Å². The Morgan fingerprint density at radius 1 is 0.396 bits per heavy atom. The molecule has 6 aromatic carbocycles. The molecule has 2 aliphatic carbocycles. The molecule has 2 saturated carbocycles. The van der Waals surface area contributed by atoms with Crippen LogP contribution in [0, 0.1) is 24.6 Å². The number of carbonyl (C=O) groups is 4. The summed E-state index contributed by atoms with van der Waals surface area (Å²) in [4.78, 5) is 51.0. The highest BCUT2D eigenvalue weighted by Crippen LogP contribution is 2.45. The lowest BCUT2D eigenvalue weighted by atomic mass is 9.76. The first-order valence-corrected chi connectivity index (χ1v) is 37.1. The minimum atomic E-state index is -0.573. The van der Waals surface area contributed by atoms with Crippen LogP contribution >= 0.6 is 0 Å². The molecule has 12 nitrogen and oxygen atoms in total. The van der Waals surface area contributed by atoms with E-state index in [1.807, 2.05) is 48.5 Å². The van der Waals surface area contributed by atoms with Gasteiger partial charge in [-0.15, -0.1) is 0 Å². The van der Waals surface area contributed by atoms with Crippen molar-refractivity contribution >= 4 is 23.9 Å². The predicted octanol–water partition coefficient (Wildman–Crippen LogP) is 20.2. The van der Waals surface area contributed by atoms with Gasteiger partial charge in [0.2, 0.25) is 0 Å². The standard InChI is InChI=1S/C44H55FO6.C44H56O6/c1-6-12-31-15-17-32(18-16-31)33-19-21-37(40(45)27-33)36-26-39(38(14-8-7-10-23-46)42(28-36)51-44(49)30(4)5)34-20-22-41(50-43(48)29(2)3)35(25-34)13-9-11-24-47;1-7-12-32-15-17-33(18-16-32)34-19-21-38(31(6)25-34)37-27-40(39(14-9-8-10-23-45)42(28-37)50-44(48)30(4)5)35-20-22-41(49-43(47)29(2)3)36(26-35)13-11-24-46/h19-22,25-28,31-32,46-47H,2,4,6-18,23-24H2,1,3,5H3;19-22,25-28,32-33,45-46H,2,4,7-18,23-24H2,1,3,5-6H3. The normalized spacial score (nSPS) is 15.8. The van der Waals surface area contributed by atoms with Gasteiger partial charge in [0, 0.05) is 65.4 Å². The summed E-state index contributed by atoms with van der Waals surface area (Å²) in [5.74, 6) is 1.78. The first kappa shape index (κ1) is 80.2. The number of benzene rings is 6. The molecule has 101 heavy (non-hydrogen) atoms. The zero-order valence-electron chi connectivity index (χ0n) is 61.3. The largest absolute Gasteiger partial charge is 0.423 e. The molecule has 8 rings (SSSR count). The Labute approximate surface area is 600 Å². The topological polar surface area (TPSA) is 186 Å². The maximum absolute atomic E-state index is 16.2. The fourth-order valence-corrected chi connectivity index (χ4v) is 14.2. The number of hydrogen-bond donors (Lipinski definition) is 4. The van der Waals surface area contributed by atoms with E-state index in [0.29, 0.717) is 115 Å². The predicted molar refractivity (Wildman–Crippen MR) is 405 cm³/mol. The van der Waals surface area contributed by atoms with Crippen LogP contribution in [-0.4, -0.2) is 70.7 Å². The van der Waals surface area contributed by atoms with Gasteiger partial charge >= 0.3 is 23.9 Å². The molecule has 4 N–H and O–H groups in total. The summed E-state index contributed by atoms with van der Waals surface area (Å²) < 4.78 is 39.6. The van der Waals surface area contributed by atoms with Gasteiger partial charge in [-0.1, -0.05) is 121 Å². The van der Waals surface area contributed by atoms with Crippen molar-refractivity contribution in [1.82, 2.24) is 0 Å². The van der Waals surface area contributed by atoms with E-state index in [2.05, 4.69) is 71.4 Å². The number of unbranched alkanes of at least 4 members (excludes halogenated alkanes) is 5. The molecule has 0 atom stereocenters. The summed E-state index contributed by atoms with van der Waals surface area (Å²) in [7, 11) is 0. The minimum absolute atomic E-state index is 0.000146. The molecule has 0 unspecified atom stereocenters. The number of halogens is 1. The highest BCUT2D eigenvalue weighted by Gasteiger charge is 2.28. The molecule has 2 fully saturated rings. The Bertz CT molecular complexity index is 3840. The van der Waals surface area contributed by atoms with Gasteiger partial charge < -0.3 is 39.4 Å². The summed E-state index contributed by atoms with van der Waals surface area (Å²) in [5, 5.41) is 38.0. The van der Waals surface area contributed by atoms with Gasteiger partial charge in [-0.2, -0.15) is 0 Å². The molecule has 0 heterocycles. The highest BCUT2D eigenvalue weighted by molar-refractivity contribution is 5.93. The van der Waals surface area contributed by atoms with Crippen molar-refractivity contribution < 1.29 is 62.9 Å². The van der Waals surface area contributed by atoms with Gasteiger partial charge in [0.1, 0.15) is 28.8 Å². The fourth-order valence-electron chi connectivity index (χ4n) is 14.2. The Balaban J connectivity index is 0.000000283. The maximum Gasteiger partial charge on any atom is 0.338 e. The SMILES string of the molecule is C=C(C)C(=O)Oc1ccc(-c2cc(-c3ccc(C4CCC(CCC)CC4)cc3C)cc(OC(=O)C(=C)C)c2CCCCCO)cc1CCCO.C=C(C)C(=O)Oc1ccc(-c2cc(-c3ccc(C4CCC(CCC)CC4)cc3F)cc(OC(=O)C(=C)C)c2CCCCCO)cc1CCCCO. The molecule has 0 amide bonds. The Morgan fingerprint density at radius 2 is 0.762 bits per heavy atom. The van der Waals surface area contributed by atoms with Crippen molar-refractivity contribution in [2.45, 2.75) is 221 Å². The number of ether oxygens (including phenoxy) is 4. The lowest BCUT2D eigenvalue weighted by molar-refractivity contribution is -0.131. The van der Waals surface area contributed by atoms with Crippen LogP contribution in [-0.2, 0) is 44.9 Å². The quantitative estimate of drug-likeness (QED) is 0.0128. The fraction of sp³-hybridized carbons (Fsp3) is 0.455. The molecule has 2 aliphatic rings. The average Bonchev–Trinajstić information content (AvgIpc) is 0.780. The molecule has 0 saturated heterocycles. The van der Waals surface area contributed by atoms with Crippen molar-refractivity contribution in [3.63, 3.8) is 0 Å². The van der Waals surface area contributed by atoms with E-state index in [1.54, 1.807) is 52.0 Å². The van der Waals surface area contributed by atoms with E-state index in [9.17, 15) is 39.6 Å². The molecule has 0 spiro atoms. The zero-order valence-corrected chi connectivity index (χ0v) is 61.3. The van der Waals surface area contributed by atoms with E-state index in [-0.39, 0.29) is 43.4 Å². The third-order valence-electron chi connectivity index (χ3n) is 19.9. The van der Waals surface area contributed by atoms with Gasteiger partial charge in [-0.3, -0.25) is 0 Å². The summed E-state index contributed by atoms with van der Waals surface area (Å²) in [5.41, 5.74) is 14.3. The first-order chi connectivity index (χ1) is 48.6. The van der Waals surface area contributed by atoms with Gasteiger partial charge in [-0.25, -0.2) is 23.6 Å². The zero-order chi connectivity index (χ0) is 73.1. The summed E-state index contributed by atoms with van der Waals surface area (Å²) in [6.07, 6.45) is 23.0. The van der Waals surface area contributed by atoms with E-state index in [1.165, 1.54) is 75.3 Å². The summed E-state index contributed by atoms with van der Waals surface area (Å²) in [6.45, 7) is 28.4. The number of carbonyl (C=O) groups excluding carboxylic acids is 4. The Morgan fingerprint density at radius 3 is 1.15 bits per heavy atom. The monoisotopic (exact) mass is 1380 g/mol. The number of esters is 4. The number of hydrogen-bond acceptors (Lipinski definition) is 12. The van der Waals surface area contributed by atoms with Gasteiger partial charge in [0.25, 0.3) is 0 Å². The maximum atomic E-state index is 16.2. The van der Waals surface area contributed by atoms with Crippen LogP contribution in [0.2, 0.25) is 0 Å². The van der Waals surface area contributed by atoms with Crippen LogP contribution in [0.5, 0.6) is 23.0 Å². The van der Waals surface area contributed by atoms with E-state index >= 15 is 4.39 Å². The molecule has 0 aliphatic heterocycles. The molecule has 13 heteroatoms. The van der Waals surface area contributed by atoms with Crippen LogP contribution < -0.4 is 18.9 Å². The van der Waals surface area contributed by atoms with Crippen LogP contribution in [0.4, 0.5) is 4.39 Å². The molecule has 6 aromatic rings. The van der Waals surface area contributed by atoms with Gasteiger partial charge in [-0.05, 0) is 302 Å². The number of rotatable bonds is 35. The number of aliphatic hydroxyl groups excluding tert-OH is 4. The third kappa shape index (κ3) is 23.2. The van der Waals surface area contributed by atoms with Crippen molar-refractivity contribution in [3.8, 4) is 67.5 Å². The second-order valence-corrected chi connectivity index (χ2v) is 28.2. The van der Waals surface area contributed by atoms with E-state index in [4.69, 9.17) is 18.9 Å². The van der Waals surface area contributed by atoms with Crippen LogP contribution in [0.25, 0.3) is 44.5 Å². The summed E-state index contributed by atoms with van der Waals surface area (Å²) in [6, 6.07) is 31.5. The second kappa shape index (κ2) is 40.5. The molecule has 0 bridgehead atoms. The third-order valence-corrected chi connectivity index (χ3v) is 19.9. The van der Waals surface area contributed by atoms with Gasteiger partial charge in [0.05, 0.1) is 0 Å². The number of aliphatic hydroxyl groups is 4. The lowest BCUT2D eigenvalue weighted by Gasteiger charge is -2.29. The second-order valence-electron chi connectivity index (χ2n) is 28.2. The molecule has 542 valence electrons. The van der Waals surface area contributed by atoms with Crippen LogP contribution in [0.1, 0.15) is 227 Å². The average molecular weight is 1380 g/mol. The lowest BCUT2D eigenvalue weighted by Crippen LogP contribution is -2.13. The van der Waals surface area contributed by atoms with Gasteiger partial charge in [0.15, 0.2) is 0 Å². The van der Waals surface area contributed by atoms with Crippen molar-refractivity contribution in [3.05, 3.63) is 190 Å². The van der Waals surface area contributed by atoms with Crippen molar-refractivity contribution in [1.29, 1.82) is 0 Å². The highest BCUT2D eigenvalue weighted by atomic mass is 19.1. The smallest absolute Gasteiger partial charge is 0.338 e. The van der Waals surface area contributed by atoms with Crippen LogP contribution in [0.15, 0.2) is 146 Å².